The SMILES string of the molecule is CCCCCCCCCCN(P(=O)(O)O)S(=O)(=O)O.[Ca+2].[H-].[H-]. The Bertz CT molecular complexity index is 395. The van der Waals surface area contributed by atoms with Gasteiger partial charge in [-0.2, -0.15) is 8.42 Å². The van der Waals surface area contributed by atoms with Gasteiger partial charge in [0.2, 0.25) is 0 Å². The first-order valence-corrected chi connectivity index (χ1v) is 9.47. The van der Waals surface area contributed by atoms with Crippen molar-refractivity contribution < 1.29 is 30.2 Å². The standard InChI is InChI=1S/C10H24NO6PS.Ca.2H/c1-2-3-4-5-6-7-8-9-10-11(18(12,13)14)19(15,16)17;;;/h2-10H2,1H3,(H2,12,13,14)(H,15,16,17);;;/q;+2;2*-1. The summed E-state index contributed by atoms with van der Waals surface area (Å²) in [6, 6.07) is 0. The van der Waals surface area contributed by atoms with E-state index in [1.807, 2.05) is 0 Å². The monoisotopic (exact) mass is 359 g/mol. The summed E-state index contributed by atoms with van der Waals surface area (Å²) >= 11 is 0. The van der Waals surface area contributed by atoms with Crippen molar-refractivity contribution in [3.63, 3.8) is 0 Å². The molecule has 0 aromatic rings. The number of rotatable bonds is 11. The summed E-state index contributed by atoms with van der Waals surface area (Å²) in [6.45, 7) is 1.77. The van der Waals surface area contributed by atoms with E-state index in [0.717, 1.165) is 19.3 Å². The molecular weight excluding hydrogens is 333 g/mol. The van der Waals surface area contributed by atoms with Gasteiger partial charge in [-0.3, -0.25) is 4.55 Å². The Hall–Kier alpha value is 1.28. The van der Waals surface area contributed by atoms with Gasteiger partial charge in [0.1, 0.15) is 0 Å². The van der Waals surface area contributed by atoms with E-state index in [1.165, 1.54) is 19.3 Å². The second-order valence-corrected chi connectivity index (χ2v) is 7.63. The third-order valence-corrected chi connectivity index (χ3v) is 5.51. The zero-order chi connectivity index (χ0) is 14.9. The number of hydrogen-bond acceptors (Lipinski definition) is 3. The van der Waals surface area contributed by atoms with E-state index >= 15 is 0 Å². The summed E-state index contributed by atoms with van der Waals surface area (Å²) in [5, 5.41) is 0. The van der Waals surface area contributed by atoms with Crippen LogP contribution in [0.3, 0.4) is 0 Å². The van der Waals surface area contributed by atoms with Crippen LogP contribution in [0.5, 0.6) is 0 Å². The molecule has 0 aromatic carbocycles. The van der Waals surface area contributed by atoms with E-state index in [0.29, 0.717) is 12.8 Å². The summed E-state index contributed by atoms with van der Waals surface area (Å²) in [4.78, 5) is 17.6. The third kappa shape index (κ3) is 11.9. The molecule has 20 heavy (non-hydrogen) atoms. The van der Waals surface area contributed by atoms with Gasteiger partial charge in [-0.1, -0.05) is 55.9 Å². The maximum Gasteiger partial charge on any atom is 2.00 e. The zero-order valence-corrected chi connectivity index (χ0v) is 15.9. The molecule has 10 heteroatoms. The van der Waals surface area contributed by atoms with Gasteiger partial charge in [0.05, 0.1) is 0 Å². The van der Waals surface area contributed by atoms with Gasteiger partial charge in [-0.15, -0.1) is 0 Å². The average Bonchev–Trinajstić information content (AvgIpc) is 2.23. The average molecular weight is 359 g/mol. The maximum atomic E-state index is 10.9. The molecule has 0 aromatic heterocycles. The normalized spacial score (nSPS) is 12.4. The van der Waals surface area contributed by atoms with Crippen LogP contribution < -0.4 is 0 Å². The first-order valence-electron chi connectivity index (χ1n) is 6.50. The molecule has 0 bridgehead atoms. The molecule has 0 aliphatic carbocycles. The summed E-state index contributed by atoms with van der Waals surface area (Å²) < 4.78 is 41.1. The van der Waals surface area contributed by atoms with Crippen LogP contribution in [-0.2, 0) is 14.9 Å². The Kier molecular flexibility index (Phi) is 13.9. The Morgan fingerprint density at radius 1 is 1.00 bits per heavy atom. The smallest absolute Gasteiger partial charge is 1.00 e. The topological polar surface area (TPSA) is 115 Å². The minimum Gasteiger partial charge on any atom is -1.00 e. The van der Waals surface area contributed by atoms with Crippen molar-refractivity contribution >= 4 is 55.8 Å². The van der Waals surface area contributed by atoms with Crippen LogP contribution in [0.25, 0.3) is 0 Å². The van der Waals surface area contributed by atoms with Crippen LogP contribution in [0.15, 0.2) is 0 Å². The summed E-state index contributed by atoms with van der Waals surface area (Å²) in [5.41, 5.74) is 0. The van der Waals surface area contributed by atoms with Gasteiger partial charge < -0.3 is 12.6 Å². The van der Waals surface area contributed by atoms with Gasteiger partial charge in [0.15, 0.2) is 0 Å². The fraction of sp³-hybridized carbons (Fsp3) is 1.00. The fourth-order valence-electron chi connectivity index (χ4n) is 1.76. The Balaban J connectivity index is -0.000000540. The number of nitrogens with zero attached hydrogens (tertiary/aromatic N) is 1. The Morgan fingerprint density at radius 2 is 1.40 bits per heavy atom. The van der Waals surface area contributed by atoms with Gasteiger partial charge >= 0.3 is 55.8 Å². The molecule has 0 aliphatic rings. The molecule has 0 amide bonds. The van der Waals surface area contributed by atoms with Crippen LogP contribution in [0.1, 0.15) is 61.1 Å². The van der Waals surface area contributed by atoms with Crippen LogP contribution in [0.4, 0.5) is 0 Å². The van der Waals surface area contributed by atoms with E-state index in [1.54, 1.807) is 0 Å². The molecule has 0 saturated carbocycles. The first-order chi connectivity index (χ1) is 8.69. The molecule has 0 heterocycles. The molecule has 0 radical (unpaired) electrons. The second-order valence-electron chi connectivity index (χ2n) is 4.51. The van der Waals surface area contributed by atoms with E-state index in [4.69, 9.17) is 14.3 Å². The maximum absolute atomic E-state index is 10.9. The van der Waals surface area contributed by atoms with Crippen molar-refractivity contribution in [2.75, 3.05) is 6.54 Å². The van der Waals surface area contributed by atoms with Crippen LogP contribution >= 0.6 is 7.75 Å². The van der Waals surface area contributed by atoms with Crippen molar-refractivity contribution in [2.24, 2.45) is 0 Å². The largest absolute Gasteiger partial charge is 2.00 e. The van der Waals surface area contributed by atoms with Crippen LogP contribution in [-0.4, -0.2) is 71.1 Å². The van der Waals surface area contributed by atoms with Crippen LogP contribution in [0.2, 0.25) is 0 Å². The fourth-order valence-corrected chi connectivity index (χ4v) is 3.60. The number of hydrogen-bond donors (Lipinski definition) is 3. The quantitative estimate of drug-likeness (QED) is 0.225. The molecule has 0 fully saturated rings. The minimum absolute atomic E-state index is 0. The predicted molar refractivity (Wildman–Crippen MR) is 80.9 cm³/mol. The second kappa shape index (κ2) is 11.8. The first kappa shape index (κ1) is 23.5. The zero-order valence-electron chi connectivity index (χ0n) is 13.9. The molecule has 3 N–H and O–H groups in total. The molecule has 7 nitrogen and oxygen atoms in total. The molecule has 0 unspecified atom stereocenters. The third-order valence-electron chi connectivity index (χ3n) is 2.76. The predicted octanol–water partition coefficient (Wildman–Crippen LogP) is 2.17. The van der Waals surface area contributed by atoms with E-state index in [9.17, 15) is 13.0 Å². The van der Waals surface area contributed by atoms with Gasteiger partial charge in [0, 0.05) is 6.54 Å². The molecular formula is C10H26CaNO6PS. The van der Waals surface area contributed by atoms with Crippen molar-refractivity contribution in [1.29, 1.82) is 0 Å². The van der Waals surface area contributed by atoms with Gasteiger partial charge in [-0.05, 0) is 6.42 Å². The van der Waals surface area contributed by atoms with Crippen molar-refractivity contribution in [2.45, 2.75) is 58.3 Å². The van der Waals surface area contributed by atoms with E-state index < -0.39 is 18.1 Å². The Morgan fingerprint density at radius 3 is 1.75 bits per heavy atom. The Labute approximate surface area is 154 Å². The molecule has 0 atom stereocenters. The molecule has 0 aliphatic heterocycles. The summed E-state index contributed by atoms with van der Waals surface area (Å²) in [5.74, 6) is 0. The van der Waals surface area contributed by atoms with Gasteiger partial charge in [0.25, 0.3) is 0 Å². The van der Waals surface area contributed by atoms with Crippen molar-refractivity contribution in [3.8, 4) is 0 Å². The van der Waals surface area contributed by atoms with Crippen molar-refractivity contribution in [1.82, 2.24) is 4.08 Å². The summed E-state index contributed by atoms with van der Waals surface area (Å²) in [6.07, 6.45) is 7.59. The van der Waals surface area contributed by atoms with E-state index in [-0.39, 0.29) is 51.2 Å². The van der Waals surface area contributed by atoms with Crippen LogP contribution in [0, 0.1) is 0 Å². The minimum atomic E-state index is -4.97. The van der Waals surface area contributed by atoms with Crippen molar-refractivity contribution in [3.05, 3.63) is 0 Å². The molecule has 0 rings (SSSR count). The summed E-state index contributed by atoms with van der Waals surface area (Å²) in [7, 11) is -9.83. The molecule has 0 saturated heterocycles. The molecule has 120 valence electrons. The van der Waals surface area contributed by atoms with E-state index in [2.05, 4.69) is 6.92 Å². The molecule has 0 spiro atoms. The number of unbranched alkanes of at least 4 members (excludes halogenated alkanes) is 7. The van der Waals surface area contributed by atoms with Gasteiger partial charge in [-0.25, -0.2) is 4.57 Å².